The van der Waals surface area contributed by atoms with Crippen molar-refractivity contribution in [2.75, 3.05) is 0 Å². The molecular weight excluding hydrogens is 300 g/mol. The average Bonchev–Trinajstić information content (AvgIpc) is 2.66. The first-order valence-corrected chi connectivity index (χ1v) is 5.87. The first-order chi connectivity index (χ1) is 8.54. The quantitative estimate of drug-likeness (QED) is 0.375. The van der Waals surface area contributed by atoms with Gasteiger partial charge >= 0.3 is 0 Å². The van der Waals surface area contributed by atoms with E-state index in [0.29, 0.717) is 11.6 Å². The summed E-state index contributed by atoms with van der Waals surface area (Å²) in [4.78, 5) is 8.30. The largest absolute Gasteiger partial charge is 0.409 e. The summed E-state index contributed by atoms with van der Waals surface area (Å²) >= 11 is 3.43. The number of amidine groups is 1. The summed E-state index contributed by atoms with van der Waals surface area (Å²) in [6.45, 7) is 3.77. The second-order valence-corrected chi connectivity index (χ2v) is 4.42. The van der Waals surface area contributed by atoms with Crippen molar-refractivity contribution in [1.82, 2.24) is 19.7 Å². The molecule has 0 amide bonds. The summed E-state index contributed by atoms with van der Waals surface area (Å²) < 4.78 is 2.49. The number of oxime groups is 1. The smallest absolute Gasteiger partial charge is 0.251 e. The Kier molecular flexibility index (Phi) is 3.28. The van der Waals surface area contributed by atoms with Crippen molar-refractivity contribution in [3.8, 4) is 5.95 Å². The van der Waals surface area contributed by atoms with Crippen LogP contribution in [-0.4, -0.2) is 30.8 Å². The van der Waals surface area contributed by atoms with Crippen molar-refractivity contribution in [3.63, 3.8) is 0 Å². The van der Waals surface area contributed by atoms with E-state index in [9.17, 15) is 0 Å². The number of hydrogen-bond acceptors (Lipinski definition) is 5. The molecule has 18 heavy (non-hydrogen) atoms. The molecule has 0 atom stereocenters. The van der Waals surface area contributed by atoms with E-state index < -0.39 is 0 Å². The number of halogens is 1. The molecule has 0 saturated heterocycles. The molecule has 8 heteroatoms. The van der Waals surface area contributed by atoms with Crippen molar-refractivity contribution >= 4 is 21.8 Å². The molecule has 3 N–H and O–H groups in total. The van der Waals surface area contributed by atoms with Gasteiger partial charge in [-0.25, -0.2) is 14.6 Å². The summed E-state index contributed by atoms with van der Waals surface area (Å²) in [5.74, 6) is 0.296. The maximum Gasteiger partial charge on any atom is 0.251 e. The molecule has 0 spiro atoms. The van der Waals surface area contributed by atoms with Crippen LogP contribution in [0.1, 0.15) is 17.1 Å². The Morgan fingerprint density at radius 2 is 2.22 bits per heavy atom. The Bertz CT molecular complexity index is 621. The summed E-state index contributed by atoms with van der Waals surface area (Å²) in [6.07, 6.45) is 1.53. The molecule has 0 bridgehead atoms. The van der Waals surface area contributed by atoms with Gasteiger partial charge in [-0.05, 0) is 35.8 Å². The van der Waals surface area contributed by atoms with Crippen molar-refractivity contribution in [1.29, 1.82) is 0 Å². The van der Waals surface area contributed by atoms with E-state index in [4.69, 9.17) is 10.9 Å². The van der Waals surface area contributed by atoms with Gasteiger partial charge in [-0.2, -0.15) is 5.10 Å². The van der Waals surface area contributed by atoms with Crippen LogP contribution in [0.5, 0.6) is 0 Å². The van der Waals surface area contributed by atoms with E-state index in [1.165, 1.54) is 6.20 Å². The predicted octanol–water partition coefficient (Wildman–Crippen LogP) is 1.14. The molecule has 0 radical (unpaired) electrons. The number of nitrogens with zero attached hydrogens (tertiary/aromatic N) is 5. The highest BCUT2D eigenvalue weighted by Gasteiger charge is 2.13. The summed E-state index contributed by atoms with van der Waals surface area (Å²) in [5.41, 5.74) is 7.54. The molecule has 94 valence electrons. The lowest BCUT2D eigenvalue weighted by molar-refractivity contribution is 0.318. The van der Waals surface area contributed by atoms with Crippen LogP contribution in [-0.2, 0) is 0 Å². The molecular formula is C10H11BrN6O. The van der Waals surface area contributed by atoms with Gasteiger partial charge in [0.2, 0.25) is 0 Å². The van der Waals surface area contributed by atoms with E-state index in [1.807, 2.05) is 13.8 Å². The van der Waals surface area contributed by atoms with E-state index in [1.54, 1.807) is 10.7 Å². The van der Waals surface area contributed by atoms with Gasteiger partial charge in [-0.15, -0.1) is 0 Å². The molecule has 0 aliphatic heterocycles. The Balaban J connectivity index is 2.55. The normalized spacial score (nSPS) is 11.8. The van der Waals surface area contributed by atoms with Gasteiger partial charge < -0.3 is 10.9 Å². The predicted molar refractivity (Wildman–Crippen MR) is 68.8 cm³/mol. The van der Waals surface area contributed by atoms with Crippen LogP contribution in [0.2, 0.25) is 0 Å². The summed E-state index contributed by atoms with van der Waals surface area (Å²) in [6, 6.07) is 1.55. The fourth-order valence-electron chi connectivity index (χ4n) is 1.46. The third-order valence-corrected chi connectivity index (χ3v) is 3.55. The highest BCUT2D eigenvalue weighted by atomic mass is 79.9. The van der Waals surface area contributed by atoms with E-state index >= 15 is 0 Å². The first-order valence-electron chi connectivity index (χ1n) is 5.07. The Labute approximate surface area is 111 Å². The topological polar surface area (TPSA) is 102 Å². The minimum absolute atomic E-state index is 0.0701. The molecule has 2 rings (SSSR count). The van der Waals surface area contributed by atoms with Crippen molar-refractivity contribution < 1.29 is 5.21 Å². The van der Waals surface area contributed by atoms with Gasteiger partial charge in [0.25, 0.3) is 5.95 Å². The molecule has 0 aliphatic rings. The Morgan fingerprint density at radius 1 is 1.50 bits per heavy atom. The molecule has 2 aromatic rings. The van der Waals surface area contributed by atoms with Gasteiger partial charge in [0.15, 0.2) is 5.84 Å². The van der Waals surface area contributed by atoms with Crippen molar-refractivity contribution in [3.05, 3.63) is 33.8 Å². The molecule has 7 nitrogen and oxygen atoms in total. The lowest BCUT2D eigenvalue weighted by Crippen LogP contribution is -2.17. The fraction of sp³-hybridized carbons (Fsp3) is 0.200. The molecule has 0 fully saturated rings. The van der Waals surface area contributed by atoms with Crippen LogP contribution < -0.4 is 5.73 Å². The number of rotatable bonds is 2. The van der Waals surface area contributed by atoms with Gasteiger partial charge in [0.1, 0.15) is 5.69 Å². The average molecular weight is 311 g/mol. The lowest BCUT2D eigenvalue weighted by atomic mass is 10.4. The van der Waals surface area contributed by atoms with Crippen LogP contribution >= 0.6 is 15.9 Å². The van der Waals surface area contributed by atoms with Gasteiger partial charge in [-0.3, -0.25) is 0 Å². The fourth-order valence-corrected chi connectivity index (χ4v) is 1.71. The highest BCUT2D eigenvalue weighted by molar-refractivity contribution is 9.10. The lowest BCUT2D eigenvalue weighted by Gasteiger charge is -2.03. The van der Waals surface area contributed by atoms with Crippen LogP contribution in [0.15, 0.2) is 21.9 Å². The van der Waals surface area contributed by atoms with Crippen LogP contribution in [0, 0.1) is 13.8 Å². The molecule has 0 saturated carbocycles. The van der Waals surface area contributed by atoms with Crippen LogP contribution in [0.25, 0.3) is 5.95 Å². The summed E-state index contributed by atoms with van der Waals surface area (Å²) in [5, 5.41) is 15.8. The number of aromatic nitrogens is 4. The minimum Gasteiger partial charge on any atom is -0.409 e. The van der Waals surface area contributed by atoms with Crippen LogP contribution in [0.3, 0.4) is 0 Å². The first kappa shape index (κ1) is 12.5. The van der Waals surface area contributed by atoms with Crippen molar-refractivity contribution in [2.24, 2.45) is 10.9 Å². The second-order valence-electron chi connectivity index (χ2n) is 3.62. The third kappa shape index (κ3) is 2.06. The molecule has 2 aromatic heterocycles. The number of hydrogen-bond donors (Lipinski definition) is 2. The second kappa shape index (κ2) is 4.73. The molecule has 0 aromatic carbocycles. The van der Waals surface area contributed by atoms with E-state index in [2.05, 4.69) is 36.2 Å². The zero-order chi connectivity index (χ0) is 13.3. The highest BCUT2D eigenvalue weighted by Crippen LogP contribution is 2.21. The molecule has 0 aliphatic carbocycles. The Morgan fingerprint density at radius 3 is 2.78 bits per heavy atom. The van der Waals surface area contributed by atoms with Gasteiger partial charge in [0.05, 0.1) is 15.9 Å². The van der Waals surface area contributed by atoms with E-state index in [-0.39, 0.29) is 5.84 Å². The van der Waals surface area contributed by atoms with E-state index in [0.717, 1.165) is 15.9 Å². The monoisotopic (exact) mass is 310 g/mol. The number of nitrogens with two attached hydrogens (primary N) is 1. The minimum atomic E-state index is -0.0701. The van der Waals surface area contributed by atoms with Gasteiger partial charge in [-0.1, -0.05) is 5.16 Å². The Hall–Kier alpha value is -1.96. The summed E-state index contributed by atoms with van der Waals surface area (Å²) in [7, 11) is 0. The third-order valence-electron chi connectivity index (χ3n) is 2.41. The van der Waals surface area contributed by atoms with Crippen LogP contribution in [0.4, 0.5) is 0 Å². The maximum absolute atomic E-state index is 8.63. The zero-order valence-corrected chi connectivity index (χ0v) is 11.4. The molecule has 2 heterocycles. The maximum atomic E-state index is 8.63. The zero-order valence-electron chi connectivity index (χ0n) is 9.79. The molecule has 0 unspecified atom stereocenters. The SMILES string of the molecule is Cc1nn(-c2nccc(/C(N)=N/O)n2)c(C)c1Br. The van der Waals surface area contributed by atoms with Crippen molar-refractivity contribution in [2.45, 2.75) is 13.8 Å². The van der Waals surface area contributed by atoms with Gasteiger partial charge in [0, 0.05) is 6.20 Å². The number of aryl methyl sites for hydroxylation is 1. The standard InChI is InChI=1S/C10H11BrN6O/c1-5-8(11)6(2)17(15-5)10-13-4-3-7(14-10)9(12)16-18/h3-4,18H,1-2H3,(H2,12,16).